The number of halogens is 1. The van der Waals surface area contributed by atoms with Crippen LogP contribution < -0.4 is 11.1 Å². The van der Waals surface area contributed by atoms with E-state index >= 15 is 0 Å². The number of carbonyl (C=O) groups excluding carboxylic acids is 3. The third-order valence-electron chi connectivity index (χ3n) is 8.69. The average Bonchev–Trinajstić information content (AvgIpc) is 3.79. The molecule has 1 fully saturated rings. The summed E-state index contributed by atoms with van der Waals surface area (Å²) < 4.78 is 18.1. The van der Waals surface area contributed by atoms with Crippen LogP contribution in [0.5, 0.6) is 0 Å². The van der Waals surface area contributed by atoms with Crippen LogP contribution in [0.1, 0.15) is 36.6 Å². The van der Waals surface area contributed by atoms with Gasteiger partial charge in [0.25, 0.3) is 5.91 Å². The van der Waals surface area contributed by atoms with E-state index in [0.29, 0.717) is 28.8 Å². The van der Waals surface area contributed by atoms with Crippen molar-refractivity contribution in [2.45, 2.75) is 45.4 Å². The second kappa shape index (κ2) is 11.8. The fraction of sp³-hybridized carbons (Fsp3) is 0.281. The number of primary amides is 1. The maximum absolute atomic E-state index is 14.9. The molecule has 0 saturated carbocycles. The van der Waals surface area contributed by atoms with E-state index in [1.807, 2.05) is 30.5 Å². The fourth-order valence-electron chi connectivity index (χ4n) is 6.42. The topological polar surface area (TPSA) is 180 Å². The van der Waals surface area contributed by atoms with Crippen LogP contribution >= 0.6 is 0 Å². The van der Waals surface area contributed by atoms with E-state index in [2.05, 4.69) is 35.8 Å². The van der Waals surface area contributed by atoms with Crippen LogP contribution in [0.3, 0.4) is 0 Å². The zero-order valence-corrected chi connectivity index (χ0v) is 25.5. The van der Waals surface area contributed by atoms with E-state index in [1.54, 1.807) is 49.1 Å². The molecule has 238 valence electrons. The van der Waals surface area contributed by atoms with Gasteiger partial charge in [-0.3, -0.25) is 28.6 Å². The number of nitrogens with zero attached hydrogens (tertiary/aromatic N) is 9. The molecule has 1 saturated heterocycles. The lowest BCUT2D eigenvalue weighted by molar-refractivity contribution is -0.138. The van der Waals surface area contributed by atoms with Crippen molar-refractivity contribution < 1.29 is 18.8 Å². The molecular formula is C32H30FN11O3. The van der Waals surface area contributed by atoms with Gasteiger partial charge in [-0.15, -0.1) is 10.2 Å². The number of alkyl halides is 1. The maximum Gasteiger partial charge on any atom is 0.269 e. The Labute approximate surface area is 267 Å². The van der Waals surface area contributed by atoms with Crippen LogP contribution in [0.25, 0.3) is 39.1 Å². The zero-order chi connectivity index (χ0) is 32.8. The molecule has 5 aromatic rings. The summed E-state index contributed by atoms with van der Waals surface area (Å²) in [5.41, 5.74) is 9.85. The fourth-order valence-corrected chi connectivity index (χ4v) is 6.42. The highest BCUT2D eigenvalue weighted by atomic mass is 19.1. The standard InChI is InChI=1S/C32H30FN11O3/c1-17-11-26-39-40-31(19-5-8-35-9-6-19)44(26)18(2)28(17)38-32(47)25-13-22(33)15-42(25)27(45)16-43-24-4-3-20(21-7-10-36-37-14-21)12-23(24)29(41-43)30(34)46/h3-10,12,14,17,22,25H,11,13,15-16H2,1-2H3,(H2,34,46)(H,38,47). The molecule has 4 aromatic heterocycles. The molecule has 1 aromatic carbocycles. The highest BCUT2D eigenvalue weighted by Gasteiger charge is 2.41. The Morgan fingerprint density at radius 3 is 2.55 bits per heavy atom. The molecule has 3 N–H and O–H groups in total. The molecule has 3 atom stereocenters. The van der Waals surface area contributed by atoms with Crippen molar-refractivity contribution in [2.75, 3.05) is 6.54 Å². The Morgan fingerprint density at radius 1 is 1.02 bits per heavy atom. The van der Waals surface area contributed by atoms with Gasteiger partial charge < -0.3 is 16.0 Å². The van der Waals surface area contributed by atoms with Crippen LogP contribution in [-0.4, -0.2) is 81.1 Å². The molecule has 0 radical (unpaired) electrons. The number of rotatable bonds is 7. The Morgan fingerprint density at radius 2 is 1.81 bits per heavy atom. The van der Waals surface area contributed by atoms with Gasteiger partial charge >= 0.3 is 0 Å². The molecule has 0 spiro atoms. The Balaban J connectivity index is 1.14. The SMILES string of the molecule is CC1=C(NC(=O)C2CC(F)CN2C(=O)Cn2nc(C(N)=O)c3cc(-c4ccnnc4)ccc32)C(C)Cc2nnc(-c3ccncc3)n21. The van der Waals surface area contributed by atoms with E-state index in [1.165, 1.54) is 9.58 Å². The van der Waals surface area contributed by atoms with Crippen molar-refractivity contribution in [1.29, 1.82) is 0 Å². The van der Waals surface area contributed by atoms with Gasteiger partial charge in [-0.25, -0.2) is 4.39 Å². The highest BCUT2D eigenvalue weighted by Crippen LogP contribution is 2.33. The molecule has 6 heterocycles. The lowest BCUT2D eigenvalue weighted by Crippen LogP contribution is -2.47. The predicted molar refractivity (Wildman–Crippen MR) is 167 cm³/mol. The lowest BCUT2D eigenvalue weighted by Gasteiger charge is -2.29. The summed E-state index contributed by atoms with van der Waals surface area (Å²) in [5.74, 6) is -0.499. The van der Waals surface area contributed by atoms with E-state index in [0.717, 1.165) is 28.2 Å². The minimum atomic E-state index is -1.39. The summed E-state index contributed by atoms with van der Waals surface area (Å²) in [5, 5.41) is 24.2. The van der Waals surface area contributed by atoms with Crippen molar-refractivity contribution in [3.63, 3.8) is 0 Å². The number of benzene rings is 1. The number of allylic oxidation sites excluding steroid dienone is 2. The maximum atomic E-state index is 14.9. The Kier molecular flexibility index (Phi) is 7.50. The largest absolute Gasteiger partial charge is 0.364 e. The molecule has 2 aliphatic rings. The van der Waals surface area contributed by atoms with E-state index in [9.17, 15) is 18.8 Å². The van der Waals surface area contributed by atoms with Crippen LogP contribution in [0.4, 0.5) is 4.39 Å². The second-order valence-corrected chi connectivity index (χ2v) is 11.7. The second-order valence-electron chi connectivity index (χ2n) is 11.7. The highest BCUT2D eigenvalue weighted by molar-refractivity contribution is 6.05. The normalized spacial score (nSPS) is 19.2. The Bertz CT molecular complexity index is 2060. The quantitative estimate of drug-likeness (QED) is 0.272. The van der Waals surface area contributed by atoms with Crippen LogP contribution in [0, 0.1) is 5.92 Å². The summed E-state index contributed by atoms with van der Waals surface area (Å²) in [4.78, 5) is 45.1. The molecule has 15 heteroatoms. The number of carbonyl (C=O) groups is 3. The van der Waals surface area contributed by atoms with Crippen molar-refractivity contribution in [3.8, 4) is 22.5 Å². The number of hydrogen-bond acceptors (Lipinski definition) is 9. The number of hydrogen-bond donors (Lipinski definition) is 2. The number of aromatic nitrogens is 8. The lowest BCUT2D eigenvalue weighted by atomic mass is 9.97. The molecule has 0 aliphatic carbocycles. The van der Waals surface area contributed by atoms with Gasteiger partial charge in [0.1, 0.15) is 24.6 Å². The number of likely N-dealkylation sites (tertiary alicyclic amines) is 1. The summed E-state index contributed by atoms with van der Waals surface area (Å²) in [6.45, 7) is 3.27. The predicted octanol–water partition coefficient (Wildman–Crippen LogP) is 2.38. The smallest absolute Gasteiger partial charge is 0.269 e. The monoisotopic (exact) mass is 635 g/mol. The van der Waals surface area contributed by atoms with Crippen LogP contribution in [0.15, 0.2) is 66.9 Å². The van der Waals surface area contributed by atoms with Crippen molar-refractivity contribution >= 4 is 34.3 Å². The molecule has 3 amide bonds. The van der Waals surface area contributed by atoms with Crippen molar-refractivity contribution in [3.05, 3.63) is 78.4 Å². The molecule has 14 nitrogen and oxygen atoms in total. The van der Waals surface area contributed by atoms with Crippen molar-refractivity contribution in [2.24, 2.45) is 11.7 Å². The van der Waals surface area contributed by atoms with Gasteiger partial charge in [-0.05, 0) is 42.8 Å². The number of amides is 3. The molecule has 0 bridgehead atoms. The van der Waals surface area contributed by atoms with E-state index in [4.69, 9.17) is 5.73 Å². The molecule has 2 aliphatic heterocycles. The molecule has 3 unspecified atom stereocenters. The number of pyridine rings is 1. The van der Waals surface area contributed by atoms with Gasteiger partial charge in [0, 0.05) is 59.1 Å². The third kappa shape index (κ3) is 5.38. The van der Waals surface area contributed by atoms with Gasteiger partial charge in [0.05, 0.1) is 24.5 Å². The van der Waals surface area contributed by atoms with Crippen LogP contribution in [-0.2, 0) is 22.6 Å². The van der Waals surface area contributed by atoms with Gasteiger partial charge in [0.15, 0.2) is 11.5 Å². The average molecular weight is 636 g/mol. The zero-order valence-electron chi connectivity index (χ0n) is 25.5. The van der Waals surface area contributed by atoms with E-state index < -0.39 is 29.9 Å². The molecule has 47 heavy (non-hydrogen) atoms. The molecule has 7 rings (SSSR count). The van der Waals surface area contributed by atoms with Gasteiger partial charge in [-0.2, -0.15) is 15.3 Å². The first-order valence-corrected chi connectivity index (χ1v) is 15.1. The summed E-state index contributed by atoms with van der Waals surface area (Å²) in [6, 6.07) is 9.66. The first-order valence-electron chi connectivity index (χ1n) is 15.1. The first kappa shape index (κ1) is 29.8. The summed E-state index contributed by atoms with van der Waals surface area (Å²) in [6.07, 6.45) is 5.47. The Hall–Kier alpha value is -5.86. The van der Waals surface area contributed by atoms with Gasteiger partial charge in [-0.1, -0.05) is 13.0 Å². The third-order valence-corrected chi connectivity index (χ3v) is 8.69. The summed E-state index contributed by atoms with van der Waals surface area (Å²) in [7, 11) is 0. The van der Waals surface area contributed by atoms with Gasteiger partial charge in [0.2, 0.25) is 11.8 Å². The number of nitrogens with two attached hydrogens (primary N) is 1. The first-order chi connectivity index (χ1) is 22.7. The molecular weight excluding hydrogens is 605 g/mol. The minimum Gasteiger partial charge on any atom is -0.364 e. The van der Waals surface area contributed by atoms with Crippen molar-refractivity contribution in [1.82, 2.24) is 49.9 Å². The minimum absolute atomic E-state index is 0.0102. The summed E-state index contributed by atoms with van der Waals surface area (Å²) >= 11 is 0. The van der Waals surface area contributed by atoms with Crippen LogP contribution in [0.2, 0.25) is 0 Å². The van der Waals surface area contributed by atoms with E-state index in [-0.39, 0.29) is 31.1 Å². The number of nitrogens with one attached hydrogen (secondary N) is 1. The number of fused-ring (bicyclic) bond motifs is 2.